The highest BCUT2D eigenvalue weighted by molar-refractivity contribution is 14.0. The van der Waals surface area contributed by atoms with Gasteiger partial charge in [0, 0.05) is 18.4 Å². The van der Waals surface area contributed by atoms with Crippen molar-refractivity contribution in [2.45, 2.75) is 13.2 Å². The van der Waals surface area contributed by atoms with E-state index in [0.717, 1.165) is 22.6 Å². The lowest BCUT2D eigenvalue weighted by molar-refractivity contribution is 0.128. The van der Waals surface area contributed by atoms with Gasteiger partial charge in [-0.2, -0.15) is 0 Å². The molecule has 0 aliphatic heterocycles. The second-order valence-corrected chi connectivity index (χ2v) is 5.38. The van der Waals surface area contributed by atoms with Crippen LogP contribution in [-0.4, -0.2) is 33.3 Å². The van der Waals surface area contributed by atoms with Crippen LogP contribution in [-0.2, 0) is 22.7 Å². The molecule has 0 aromatic heterocycles. The summed E-state index contributed by atoms with van der Waals surface area (Å²) in [5.41, 5.74) is 8.93. The van der Waals surface area contributed by atoms with Crippen LogP contribution in [0.25, 0.3) is 0 Å². The van der Waals surface area contributed by atoms with Gasteiger partial charge in [0.2, 0.25) is 0 Å². The minimum absolute atomic E-state index is 0. The molecule has 2 aromatic carbocycles. The summed E-state index contributed by atoms with van der Waals surface area (Å²) in [6.07, 6.45) is 0. The Hall–Kier alpha value is -1.84. The smallest absolute Gasteiger partial charge is 0.193 e. The summed E-state index contributed by atoms with van der Waals surface area (Å²) in [5, 5.41) is 3.09. The first kappa shape index (κ1) is 22.2. The maximum absolute atomic E-state index is 5.92. The van der Waals surface area contributed by atoms with Gasteiger partial charge in [0.25, 0.3) is 0 Å². The molecule has 0 bridgehead atoms. The van der Waals surface area contributed by atoms with Crippen molar-refractivity contribution in [2.75, 3.05) is 32.7 Å². The average Bonchev–Trinajstić information content (AvgIpc) is 2.64. The van der Waals surface area contributed by atoms with Crippen molar-refractivity contribution in [3.63, 3.8) is 0 Å². The van der Waals surface area contributed by atoms with Gasteiger partial charge in [0.1, 0.15) is 5.75 Å². The Morgan fingerprint density at radius 3 is 2.46 bits per heavy atom. The zero-order chi connectivity index (χ0) is 17.9. The molecule has 0 atom stereocenters. The molecule has 2 rings (SSSR count). The van der Waals surface area contributed by atoms with Gasteiger partial charge >= 0.3 is 0 Å². The molecule has 0 saturated heterocycles. The first-order valence-corrected chi connectivity index (χ1v) is 8.07. The molecule has 0 radical (unpaired) electrons. The van der Waals surface area contributed by atoms with Crippen LogP contribution in [0.5, 0.6) is 5.75 Å². The maximum Gasteiger partial charge on any atom is 0.193 e. The number of guanidine groups is 1. The molecule has 26 heavy (non-hydrogen) atoms. The number of ether oxygens (including phenoxy) is 3. The second-order valence-electron chi connectivity index (χ2n) is 5.38. The Bertz CT molecular complexity index is 678. The third-order valence-electron chi connectivity index (χ3n) is 3.53. The molecule has 2 aromatic rings. The fraction of sp³-hybridized carbons (Fsp3) is 0.316. The zero-order valence-electron chi connectivity index (χ0n) is 15.1. The van der Waals surface area contributed by atoms with Crippen LogP contribution >= 0.6 is 24.0 Å². The molecule has 0 fully saturated rings. The second kappa shape index (κ2) is 12.5. The highest BCUT2D eigenvalue weighted by Gasteiger charge is 2.02. The molecule has 0 spiro atoms. The van der Waals surface area contributed by atoms with Crippen molar-refractivity contribution in [2.24, 2.45) is 10.7 Å². The molecule has 0 aliphatic rings. The van der Waals surface area contributed by atoms with Crippen molar-refractivity contribution in [3.05, 3.63) is 59.7 Å². The standard InChI is InChI=1S/C19H25N3O3.HI/c1-23-14-16-5-3-4-6-18(16)22-19(20)21-11-12-25-13-15-7-9-17(24-2)10-8-15;/h3-10H,11-14H2,1-2H3,(H3,20,21,22);1H. The van der Waals surface area contributed by atoms with Crippen molar-refractivity contribution in [1.82, 2.24) is 0 Å². The van der Waals surface area contributed by atoms with Crippen LogP contribution < -0.4 is 15.8 Å². The lowest BCUT2D eigenvalue weighted by Crippen LogP contribution is -2.24. The summed E-state index contributed by atoms with van der Waals surface area (Å²) >= 11 is 0. The highest BCUT2D eigenvalue weighted by Crippen LogP contribution is 2.15. The molecular weight excluding hydrogens is 445 g/mol. The Balaban J connectivity index is 0.00000338. The third kappa shape index (κ3) is 7.59. The summed E-state index contributed by atoms with van der Waals surface area (Å²) in [4.78, 5) is 4.28. The molecule has 0 heterocycles. The fourth-order valence-corrected chi connectivity index (χ4v) is 2.24. The van der Waals surface area contributed by atoms with Gasteiger partial charge in [-0.15, -0.1) is 24.0 Å². The first-order valence-electron chi connectivity index (χ1n) is 8.07. The molecule has 6 nitrogen and oxygen atoms in total. The summed E-state index contributed by atoms with van der Waals surface area (Å²) in [6.45, 7) is 2.03. The van der Waals surface area contributed by atoms with Crippen LogP contribution in [0.15, 0.2) is 53.5 Å². The van der Waals surface area contributed by atoms with Crippen molar-refractivity contribution < 1.29 is 14.2 Å². The SMILES string of the molecule is COCc1ccccc1NC(N)=NCCOCc1ccc(OC)cc1.I. The van der Waals surface area contributed by atoms with E-state index in [1.54, 1.807) is 14.2 Å². The fourth-order valence-electron chi connectivity index (χ4n) is 2.24. The minimum Gasteiger partial charge on any atom is -0.497 e. The molecular formula is C19H26IN3O3. The number of benzene rings is 2. The quantitative estimate of drug-likeness (QED) is 0.254. The Morgan fingerprint density at radius 1 is 1.04 bits per heavy atom. The van der Waals surface area contributed by atoms with E-state index in [9.17, 15) is 0 Å². The summed E-state index contributed by atoms with van der Waals surface area (Å²) in [5.74, 6) is 1.19. The van der Waals surface area contributed by atoms with Gasteiger partial charge in [0.15, 0.2) is 5.96 Å². The Morgan fingerprint density at radius 2 is 1.77 bits per heavy atom. The van der Waals surface area contributed by atoms with E-state index in [0.29, 0.717) is 32.3 Å². The number of aliphatic imine (C=N–C) groups is 1. The minimum atomic E-state index is 0. The van der Waals surface area contributed by atoms with Crippen LogP contribution in [0, 0.1) is 0 Å². The van der Waals surface area contributed by atoms with E-state index < -0.39 is 0 Å². The number of nitrogens with two attached hydrogens (primary N) is 1. The molecule has 0 aliphatic carbocycles. The predicted octanol–water partition coefficient (Wildman–Crippen LogP) is 3.40. The van der Waals surface area contributed by atoms with Gasteiger partial charge < -0.3 is 25.3 Å². The number of hydrogen-bond donors (Lipinski definition) is 2. The van der Waals surface area contributed by atoms with Gasteiger partial charge in [0.05, 0.1) is 33.5 Å². The zero-order valence-corrected chi connectivity index (χ0v) is 17.4. The average molecular weight is 471 g/mol. The number of nitrogens with zero attached hydrogens (tertiary/aromatic N) is 1. The highest BCUT2D eigenvalue weighted by atomic mass is 127. The van der Waals surface area contributed by atoms with Crippen LogP contribution in [0.4, 0.5) is 5.69 Å². The van der Waals surface area contributed by atoms with Crippen molar-refractivity contribution in [1.29, 1.82) is 0 Å². The van der Waals surface area contributed by atoms with E-state index in [1.807, 2.05) is 48.5 Å². The number of rotatable bonds is 9. The number of anilines is 1. The Kier molecular flexibility index (Phi) is 10.7. The molecule has 7 heteroatoms. The summed E-state index contributed by atoms with van der Waals surface area (Å²) < 4.78 is 15.9. The van der Waals surface area contributed by atoms with Crippen LogP contribution in [0.2, 0.25) is 0 Å². The molecule has 3 N–H and O–H groups in total. The van der Waals surface area contributed by atoms with E-state index >= 15 is 0 Å². The van der Waals surface area contributed by atoms with E-state index in [4.69, 9.17) is 19.9 Å². The maximum atomic E-state index is 5.92. The molecule has 0 amide bonds. The number of halogens is 1. The van der Waals surface area contributed by atoms with E-state index in [-0.39, 0.29) is 24.0 Å². The topological polar surface area (TPSA) is 78.1 Å². The van der Waals surface area contributed by atoms with Gasteiger partial charge in [-0.05, 0) is 23.8 Å². The Labute approximate surface area is 171 Å². The lowest BCUT2D eigenvalue weighted by Gasteiger charge is -2.11. The lowest BCUT2D eigenvalue weighted by atomic mass is 10.2. The molecule has 0 unspecified atom stereocenters. The molecule has 142 valence electrons. The predicted molar refractivity (Wildman–Crippen MR) is 115 cm³/mol. The van der Waals surface area contributed by atoms with Gasteiger partial charge in [-0.3, -0.25) is 4.99 Å². The van der Waals surface area contributed by atoms with Gasteiger partial charge in [-0.25, -0.2) is 0 Å². The third-order valence-corrected chi connectivity index (χ3v) is 3.53. The van der Waals surface area contributed by atoms with Crippen molar-refractivity contribution in [3.8, 4) is 5.75 Å². The number of hydrogen-bond acceptors (Lipinski definition) is 4. The summed E-state index contributed by atoms with van der Waals surface area (Å²) in [6, 6.07) is 15.6. The first-order chi connectivity index (χ1) is 12.2. The number of methoxy groups -OCH3 is 2. The van der Waals surface area contributed by atoms with Crippen molar-refractivity contribution >= 4 is 35.6 Å². The van der Waals surface area contributed by atoms with E-state index in [2.05, 4.69) is 10.3 Å². The van der Waals surface area contributed by atoms with Gasteiger partial charge in [-0.1, -0.05) is 30.3 Å². The summed E-state index contributed by atoms with van der Waals surface area (Å²) in [7, 11) is 3.31. The molecule has 0 saturated carbocycles. The largest absolute Gasteiger partial charge is 0.497 e. The monoisotopic (exact) mass is 471 g/mol. The van der Waals surface area contributed by atoms with Crippen LogP contribution in [0.1, 0.15) is 11.1 Å². The van der Waals surface area contributed by atoms with Crippen LogP contribution in [0.3, 0.4) is 0 Å². The van der Waals surface area contributed by atoms with E-state index in [1.165, 1.54) is 0 Å². The normalized spacial score (nSPS) is 10.9. The number of nitrogens with one attached hydrogen (secondary N) is 1. The number of para-hydroxylation sites is 1.